The standard InChI is InChI=1S/C11H16N6OS/c1-16(2)6-7-17-10(3-5-12-17)14-11(18)13-9-4-8-19-15-9/h3-5,8H,6-7H2,1-2H3,(H2,13,14,15,18). The van der Waals surface area contributed by atoms with Crippen LogP contribution < -0.4 is 10.6 Å². The largest absolute Gasteiger partial charge is 0.326 e. The molecule has 2 N–H and O–H groups in total. The highest BCUT2D eigenvalue weighted by molar-refractivity contribution is 7.03. The van der Waals surface area contributed by atoms with Crippen LogP contribution in [0, 0.1) is 0 Å². The van der Waals surface area contributed by atoms with Crippen LogP contribution in [0.25, 0.3) is 0 Å². The first-order valence-electron chi connectivity index (χ1n) is 5.80. The van der Waals surface area contributed by atoms with Crippen molar-refractivity contribution in [3.8, 4) is 0 Å². The van der Waals surface area contributed by atoms with Crippen LogP contribution in [0.1, 0.15) is 0 Å². The van der Waals surface area contributed by atoms with E-state index in [1.165, 1.54) is 11.5 Å². The predicted molar refractivity (Wildman–Crippen MR) is 75.5 cm³/mol. The quantitative estimate of drug-likeness (QED) is 0.871. The molecule has 2 aromatic heterocycles. The van der Waals surface area contributed by atoms with Crippen molar-refractivity contribution in [1.82, 2.24) is 19.1 Å². The molecule has 102 valence electrons. The van der Waals surface area contributed by atoms with Crippen LogP contribution in [-0.2, 0) is 6.54 Å². The molecule has 0 spiro atoms. The second-order valence-corrected chi connectivity index (χ2v) is 4.87. The van der Waals surface area contributed by atoms with E-state index in [0.29, 0.717) is 18.2 Å². The van der Waals surface area contributed by atoms with E-state index in [4.69, 9.17) is 0 Å². The molecule has 2 amide bonds. The van der Waals surface area contributed by atoms with Crippen LogP contribution in [0.5, 0.6) is 0 Å². The maximum Gasteiger partial charge on any atom is 0.326 e. The topological polar surface area (TPSA) is 75.1 Å². The van der Waals surface area contributed by atoms with E-state index in [-0.39, 0.29) is 6.03 Å². The van der Waals surface area contributed by atoms with Gasteiger partial charge in [-0.3, -0.25) is 10.6 Å². The van der Waals surface area contributed by atoms with Crippen LogP contribution in [0.15, 0.2) is 23.7 Å². The van der Waals surface area contributed by atoms with Crippen LogP contribution in [0.4, 0.5) is 16.4 Å². The smallest absolute Gasteiger partial charge is 0.308 e. The van der Waals surface area contributed by atoms with Crippen LogP contribution in [0.3, 0.4) is 0 Å². The van der Waals surface area contributed by atoms with Gasteiger partial charge in [-0.2, -0.15) is 9.47 Å². The maximum atomic E-state index is 11.8. The van der Waals surface area contributed by atoms with E-state index in [2.05, 4.69) is 25.0 Å². The number of aromatic nitrogens is 3. The van der Waals surface area contributed by atoms with E-state index in [1.807, 2.05) is 14.1 Å². The highest BCUT2D eigenvalue weighted by Crippen LogP contribution is 2.09. The van der Waals surface area contributed by atoms with Crippen molar-refractivity contribution in [3.63, 3.8) is 0 Å². The van der Waals surface area contributed by atoms with Gasteiger partial charge in [0.15, 0.2) is 0 Å². The molecule has 0 aromatic carbocycles. The minimum Gasteiger partial charge on any atom is -0.308 e. The SMILES string of the molecule is CN(C)CCn1nccc1NC(=O)Nc1ccsn1. The molecular formula is C11H16N6OS. The average molecular weight is 280 g/mol. The fourth-order valence-electron chi connectivity index (χ4n) is 1.45. The van der Waals surface area contributed by atoms with Crippen LogP contribution in [-0.4, -0.2) is 45.7 Å². The molecule has 0 unspecified atom stereocenters. The number of hydrogen-bond acceptors (Lipinski definition) is 5. The molecule has 2 rings (SSSR count). The number of nitrogens with zero attached hydrogens (tertiary/aromatic N) is 4. The molecule has 0 atom stereocenters. The number of urea groups is 1. The van der Waals surface area contributed by atoms with E-state index in [9.17, 15) is 4.79 Å². The number of anilines is 2. The highest BCUT2D eigenvalue weighted by Gasteiger charge is 2.08. The molecule has 0 aliphatic heterocycles. The summed E-state index contributed by atoms with van der Waals surface area (Å²) < 4.78 is 5.76. The number of rotatable bonds is 5. The lowest BCUT2D eigenvalue weighted by atomic mass is 10.5. The van der Waals surface area contributed by atoms with Crippen molar-refractivity contribution in [1.29, 1.82) is 0 Å². The maximum absolute atomic E-state index is 11.8. The summed E-state index contributed by atoms with van der Waals surface area (Å²) in [4.78, 5) is 13.8. The number of likely N-dealkylation sites (N-methyl/N-ethyl adjacent to an activating group) is 1. The third kappa shape index (κ3) is 4.04. The van der Waals surface area contributed by atoms with Crippen molar-refractivity contribution in [2.24, 2.45) is 0 Å². The van der Waals surface area contributed by atoms with Crippen molar-refractivity contribution in [2.45, 2.75) is 6.54 Å². The Bertz CT molecular complexity index is 521. The first-order valence-corrected chi connectivity index (χ1v) is 6.64. The van der Waals surface area contributed by atoms with Gasteiger partial charge < -0.3 is 4.90 Å². The normalized spacial score (nSPS) is 10.7. The number of carbonyl (C=O) groups is 1. The molecule has 0 saturated heterocycles. The average Bonchev–Trinajstić information content (AvgIpc) is 2.98. The monoisotopic (exact) mass is 280 g/mol. The zero-order valence-corrected chi connectivity index (χ0v) is 11.6. The minimum atomic E-state index is -0.322. The van der Waals surface area contributed by atoms with Gasteiger partial charge in [-0.15, -0.1) is 0 Å². The summed E-state index contributed by atoms with van der Waals surface area (Å²) in [5.74, 6) is 1.21. The Morgan fingerprint density at radius 1 is 1.42 bits per heavy atom. The zero-order valence-electron chi connectivity index (χ0n) is 10.8. The fourth-order valence-corrected chi connectivity index (χ4v) is 1.92. The summed E-state index contributed by atoms with van der Waals surface area (Å²) in [6.07, 6.45) is 1.66. The Morgan fingerprint density at radius 2 is 2.26 bits per heavy atom. The summed E-state index contributed by atoms with van der Waals surface area (Å²) in [5, 5.41) is 11.4. The van der Waals surface area contributed by atoms with Crippen molar-refractivity contribution in [2.75, 3.05) is 31.3 Å². The number of amides is 2. The third-order valence-electron chi connectivity index (χ3n) is 2.40. The second-order valence-electron chi connectivity index (χ2n) is 4.21. The Morgan fingerprint density at radius 3 is 2.95 bits per heavy atom. The second kappa shape index (κ2) is 6.30. The predicted octanol–water partition coefficient (Wildman–Crippen LogP) is 1.55. The zero-order chi connectivity index (χ0) is 13.7. The molecule has 2 heterocycles. The number of nitrogens with one attached hydrogen (secondary N) is 2. The molecule has 0 aliphatic rings. The molecule has 7 nitrogen and oxygen atoms in total. The van der Waals surface area contributed by atoms with E-state index >= 15 is 0 Å². The van der Waals surface area contributed by atoms with Crippen LogP contribution in [0.2, 0.25) is 0 Å². The molecule has 8 heteroatoms. The van der Waals surface area contributed by atoms with Gasteiger partial charge in [0.05, 0.1) is 12.7 Å². The third-order valence-corrected chi connectivity index (χ3v) is 2.96. The van der Waals surface area contributed by atoms with Crippen molar-refractivity contribution < 1.29 is 4.79 Å². The van der Waals surface area contributed by atoms with Gasteiger partial charge in [0.25, 0.3) is 0 Å². The van der Waals surface area contributed by atoms with Gasteiger partial charge >= 0.3 is 6.03 Å². The molecule has 19 heavy (non-hydrogen) atoms. The molecule has 2 aromatic rings. The van der Waals surface area contributed by atoms with Gasteiger partial charge in [0.1, 0.15) is 11.6 Å². The Hall–Kier alpha value is -1.93. The van der Waals surface area contributed by atoms with E-state index < -0.39 is 0 Å². The first kappa shape index (κ1) is 13.5. The molecule has 0 aliphatic carbocycles. The molecular weight excluding hydrogens is 264 g/mol. The Balaban J connectivity index is 1.91. The molecule has 0 fully saturated rings. The first-order chi connectivity index (χ1) is 9.15. The summed E-state index contributed by atoms with van der Waals surface area (Å²) >= 11 is 1.29. The fraction of sp³-hybridized carbons (Fsp3) is 0.364. The lowest BCUT2D eigenvalue weighted by molar-refractivity contribution is 0.262. The minimum absolute atomic E-state index is 0.322. The molecule has 0 saturated carbocycles. The van der Waals surface area contributed by atoms with Crippen molar-refractivity contribution in [3.05, 3.63) is 23.7 Å². The number of carbonyl (C=O) groups excluding carboxylic acids is 1. The summed E-state index contributed by atoms with van der Waals surface area (Å²) in [5.41, 5.74) is 0. The number of hydrogen-bond donors (Lipinski definition) is 2. The van der Waals surface area contributed by atoms with Gasteiger partial charge in [-0.1, -0.05) is 0 Å². The van der Waals surface area contributed by atoms with Gasteiger partial charge in [0.2, 0.25) is 0 Å². The molecule has 0 bridgehead atoms. The van der Waals surface area contributed by atoms with E-state index in [0.717, 1.165) is 6.54 Å². The summed E-state index contributed by atoms with van der Waals surface area (Å²) in [6.45, 7) is 1.57. The van der Waals surface area contributed by atoms with Crippen molar-refractivity contribution >= 4 is 29.2 Å². The Kier molecular flexibility index (Phi) is 4.48. The van der Waals surface area contributed by atoms with Gasteiger partial charge in [-0.05, 0) is 31.7 Å². The van der Waals surface area contributed by atoms with E-state index in [1.54, 1.807) is 28.4 Å². The highest BCUT2D eigenvalue weighted by atomic mass is 32.1. The lowest BCUT2D eigenvalue weighted by Crippen LogP contribution is -2.24. The summed E-state index contributed by atoms with van der Waals surface area (Å²) in [6, 6.07) is 3.18. The lowest BCUT2D eigenvalue weighted by Gasteiger charge is -2.12. The van der Waals surface area contributed by atoms with Crippen LogP contribution >= 0.6 is 11.5 Å². The van der Waals surface area contributed by atoms with Gasteiger partial charge in [-0.25, -0.2) is 9.48 Å². The Labute approximate surface area is 115 Å². The van der Waals surface area contributed by atoms with Gasteiger partial charge in [0, 0.05) is 18.0 Å². The molecule has 0 radical (unpaired) electrons. The summed E-state index contributed by atoms with van der Waals surface area (Å²) in [7, 11) is 3.98.